The number of amides is 1. The molecule has 0 aliphatic carbocycles. The third-order valence-corrected chi connectivity index (χ3v) is 6.63. The summed E-state index contributed by atoms with van der Waals surface area (Å²) in [5.41, 5.74) is 4.08. The number of nitrogens with one attached hydrogen (secondary N) is 1. The number of carbonyl (C=O) groups excluding carboxylic acids is 1. The van der Waals surface area contributed by atoms with Crippen molar-refractivity contribution in [3.63, 3.8) is 0 Å². The van der Waals surface area contributed by atoms with E-state index in [1.807, 2.05) is 25.3 Å². The van der Waals surface area contributed by atoms with Crippen LogP contribution in [0.2, 0.25) is 0 Å². The second-order valence-electron chi connectivity index (χ2n) is 7.14. The Kier molecular flexibility index (Phi) is 6.62. The number of nitrogens with zero attached hydrogens (tertiary/aromatic N) is 3. The van der Waals surface area contributed by atoms with Crippen molar-refractivity contribution in [2.45, 2.75) is 37.4 Å². The zero-order chi connectivity index (χ0) is 21.9. The molecule has 158 valence electrons. The Morgan fingerprint density at radius 2 is 1.77 bits per heavy atom. The van der Waals surface area contributed by atoms with Gasteiger partial charge in [-0.2, -0.15) is 0 Å². The first-order valence-electron chi connectivity index (χ1n) is 9.33. The molecule has 0 unspecified atom stereocenters. The van der Waals surface area contributed by atoms with Crippen LogP contribution in [-0.2, 0) is 21.2 Å². The number of rotatable bonds is 7. The molecule has 0 atom stereocenters. The van der Waals surface area contributed by atoms with Gasteiger partial charge >= 0.3 is 0 Å². The Hall–Kier alpha value is -2.65. The minimum atomic E-state index is -3.23. The number of thioether (sulfide) groups is 1. The average Bonchev–Trinajstić information content (AvgIpc) is 3.06. The van der Waals surface area contributed by atoms with Gasteiger partial charge in [-0.25, -0.2) is 8.42 Å². The predicted molar refractivity (Wildman–Crippen MR) is 118 cm³/mol. The van der Waals surface area contributed by atoms with Gasteiger partial charge in [0.05, 0.1) is 16.3 Å². The monoisotopic (exact) mass is 444 g/mol. The molecular weight excluding hydrogens is 420 g/mol. The van der Waals surface area contributed by atoms with Crippen molar-refractivity contribution in [3.8, 4) is 5.69 Å². The number of hydrogen-bond acceptors (Lipinski definition) is 6. The molecule has 0 fully saturated rings. The van der Waals surface area contributed by atoms with Crippen molar-refractivity contribution in [3.05, 3.63) is 65.0 Å². The Labute approximate surface area is 180 Å². The van der Waals surface area contributed by atoms with Crippen LogP contribution in [0.1, 0.15) is 22.5 Å². The first-order valence-corrected chi connectivity index (χ1v) is 12.2. The Balaban J connectivity index is 1.63. The number of carbonyl (C=O) groups is 1. The maximum absolute atomic E-state index is 12.3. The van der Waals surface area contributed by atoms with Crippen molar-refractivity contribution in [2.75, 3.05) is 12.0 Å². The van der Waals surface area contributed by atoms with Crippen LogP contribution in [0.5, 0.6) is 0 Å². The molecule has 1 amide bonds. The van der Waals surface area contributed by atoms with Gasteiger partial charge in [-0.1, -0.05) is 36.0 Å². The fourth-order valence-electron chi connectivity index (χ4n) is 2.91. The molecule has 3 rings (SSSR count). The first kappa shape index (κ1) is 22.0. The van der Waals surface area contributed by atoms with Crippen LogP contribution in [0.3, 0.4) is 0 Å². The van der Waals surface area contributed by atoms with Crippen LogP contribution >= 0.6 is 11.8 Å². The molecule has 0 radical (unpaired) electrons. The van der Waals surface area contributed by atoms with Gasteiger partial charge in [0.15, 0.2) is 15.0 Å². The van der Waals surface area contributed by atoms with Gasteiger partial charge in [0.2, 0.25) is 5.91 Å². The lowest BCUT2D eigenvalue weighted by Crippen LogP contribution is -2.24. The molecule has 1 heterocycles. The number of sulfone groups is 1. The standard InChI is InChI=1S/C21H24N4O3S2/c1-14-5-6-15(2)19(11-14)25-16(3)23-24-21(25)29-13-20(26)22-12-17-7-9-18(10-8-17)30(4,27)28/h5-11H,12-13H2,1-4H3,(H,22,26). The largest absolute Gasteiger partial charge is 0.351 e. The molecule has 2 aromatic carbocycles. The maximum Gasteiger partial charge on any atom is 0.230 e. The van der Waals surface area contributed by atoms with E-state index in [2.05, 4.69) is 33.7 Å². The van der Waals surface area contributed by atoms with Crippen molar-refractivity contribution in [1.82, 2.24) is 20.1 Å². The molecule has 0 aliphatic rings. The van der Waals surface area contributed by atoms with Gasteiger partial charge in [0, 0.05) is 12.8 Å². The Morgan fingerprint density at radius 3 is 2.43 bits per heavy atom. The van der Waals surface area contributed by atoms with Gasteiger partial charge in [0.1, 0.15) is 5.82 Å². The quantitative estimate of drug-likeness (QED) is 0.563. The summed E-state index contributed by atoms with van der Waals surface area (Å²) in [5.74, 6) is 0.822. The molecule has 0 aliphatic heterocycles. The molecule has 30 heavy (non-hydrogen) atoms. The van der Waals surface area contributed by atoms with Crippen LogP contribution in [0, 0.1) is 20.8 Å². The molecule has 9 heteroatoms. The molecule has 1 N–H and O–H groups in total. The van der Waals surface area contributed by atoms with E-state index in [1.165, 1.54) is 18.0 Å². The van der Waals surface area contributed by atoms with Crippen LogP contribution in [0.15, 0.2) is 52.5 Å². The summed E-state index contributed by atoms with van der Waals surface area (Å²) in [5, 5.41) is 11.9. The summed E-state index contributed by atoms with van der Waals surface area (Å²) in [6, 6.07) is 12.7. The third kappa shape index (κ3) is 5.28. The fraction of sp³-hybridized carbons (Fsp3) is 0.286. The molecule has 1 aromatic heterocycles. The summed E-state index contributed by atoms with van der Waals surface area (Å²) >= 11 is 1.32. The lowest BCUT2D eigenvalue weighted by molar-refractivity contribution is -0.118. The SMILES string of the molecule is Cc1ccc(C)c(-n2c(C)nnc2SCC(=O)NCc2ccc(S(C)(=O)=O)cc2)c1. The fourth-order valence-corrected chi connectivity index (χ4v) is 4.36. The molecule has 7 nitrogen and oxygen atoms in total. The summed E-state index contributed by atoms with van der Waals surface area (Å²) in [6.45, 7) is 6.28. The lowest BCUT2D eigenvalue weighted by Gasteiger charge is -2.12. The van der Waals surface area contributed by atoms with E-state index < -0.39 is 9.84 Å². The van der Waals surface area contributed by atoms with E-state index in [0.717, 1.165) is 28.2 Å². The Morgan fingerprint density at radius 1 is 1.07 bits per heavy atom. The number of benzene rings is 2. The summed E-state index contributed by atoms with van der Waals surface area (Å²) in [6.07, 6.45) is 1.17. The van der Waals surface area contributed by atoms with Crippen LogP contribution in [0.25, 0.3) is 5.69 Å². The minimum absolute atomic E-state index is 0.139. The van der Waals surface area contributed by atoms with Crippen LogP contribution in [0.4, 0.5) is 0 Å². The second-order valence-corrected chi connectivity index (χ2v) is 10.1. The maximum atomic E-state index is 12.3. The predicted octanol–water partition coefficient (Wildman–Crippen LogP) is 3.00. The van der Waals surface area contributed by atoms with Crippen molar-refractivity contribution in [1.29, 1.82) is 0 Å². The number of hydrogen-bond donors (Lipinski definition) is 1. The van der Waals surface area contributed by atoms with Crippen molar-refractivity contribution >= 4 is 27.5 Å². The van der Waals surface area contributed by atoms with E-state index in [9.17, 15) is 13.2 Å². The molecule has 0 bridgehead atoms. The number of aryl methyl sites for hydroxylation is 3. The molecule has 3 aromatic rings. The normalized spacial score (nSPS) is 11.5. The third-order valence-electron chi connectivity index (χ3n) is 4.57. The molecular formula is C21H24N4O3S2. The van der Waals surface area contributed by atoms with E-state index in [-0.39, 0.29) is 16.6 Å². The number of aromatic nitrogens is 3. The molecule has 0 saturated heterocycles. The molecule has 0 saturated carbocycles. The van der Waals surface area contributed by atoms with Gasteiger partial charge in [0.25, 0.3) is 0 Å². The van der Waals surface area contributed by atoms with Gasteiger partial charge in [-0.3, -0.25) is 9.36 Å². The zero-order valence-electron chi connectivity index (χ0n) is 17.3. The van der Waals surface area contributed by atoms with Gasteiger partial charge in [-0.15, -0.1) is 10.2 Å². The first-order chi connectivity index (χ1) is 14.1. The van der Waals surface area contributed by atoms with Gasteiger partial charge in [-0.05, 0) is 55.7 Å². The highest BCUT2D eigenvalue weighted by molar-refractivity contribution is 7.99. The summed E-state index contributed by atoms with van der Waals surface area (Å²) in [4.78, 5) is 12.6. The topological polar surface area (TPSA) is 93.9 Å². The van der Waals surface area contributed by atoms with Crippen LogP contribution in [-0.4, -0.2) is 41.1 Å². The highest BCUT2D eigenvalue weighted by Gasteiger charge is 2.15. The zero-order valence-corrected chi connectivity index (χ0v) is 19.0. The van der Waals surface area contributed by atoms with Crippen molar-refractivity contribution in [2.24, 2.45) is 0 Å². The van der Waals surface area contributed by atoms with E-state index >= 15 is 0 Å². The summed E-state index contributed by atoms with van der Waals surface area (Å²) < 4.78 is 25.0. The smallest absolute Gasteiger partial charge is 0.230 e. The Bertz CT molecular complexity index is 1170. The second kappa shape index (κ2) is 9.01. The van der Waals surface area contributed by atoms with Crippen molar-refractivity contribution < 1.29 is 13.2 Å². The van der Waals surface area contributed by atoms with Gasteiger partial charge < -0.3 is 5.32 Å². The van der Waals surface area contributed by atoms with E-state index in [4.69, 9.17) is 0 Å². The highest BCUT2D eigenvalue weighted by Crippen LogP contribution is 2.24. The summed E-state index contributed by atoms with van der Waals surface area (Å²) in [7, 11) is -3.23. The average molecular weight is 445 g/mol. The van der Waals surface area contributed by atoms with Crippen LogP contribution < -0.4 is 5.32 Å². The molecule has 0 spiro atoms. The minimum Gasteiger partial charge on any atom is -0.351 e. The highest BCUT2D eigenvalue weighted by atomic mass is 32.2. The van der Waals surface area contributed by atoms with E-state index in [1.54, 1.807) is 24.3 Å². The lowest BCUT2D eigenvalue weighted by atomic mass is 10.1. The van der Waals surface area contributed by atoms with E-state index in [0.29, 0.717) is 11.7 Å².